The molecule has 0 bridgehead atoms. The normalized spacial score (nSPS) is 16.6. The second-order valence-corrected chi connectivity index (χ2v) is 7.34. The molecule has 1 atom stereocenters. The molecule has 0 amide bonds. The predicted molar refractivity (Wildman–Crippen MR) is 98.3 cm³/mol. The van der Waals surface area contributed by atoms with E-state index in [2.05, 4.69) is 39.0 Å². The summed E-state index contributed by atoms with van der Waals surface area (Å²) in [6.07, 6.45) is 2.90. The Morgan fingerprint density at radius 1 is 1.08 bits per heavy atom. The van der Waals surface area contributed by atoms with Crippen molar-refractivity contribution in [3.8, 4) is 11.5 Å². The zero-order valence-corrected chi connectivity index (χ0v) is 14.9. The topological polar surface area (TPSA) is 30.8 Å². The van der Waals surface area contributed by atoms with Gasteiger partial charge in [-0.3, -0.25) is 4.99 Å². The lowest BCUT2D eigenvalue weighted by molar-refractivity contribution is 0.283. The van der Waals surface area contributed by atoms with E-state index in [0.29, 0.717) is 12.6 Å². The van der Waals surface area contributed by atoms with Crippen molar-refractivity contribution in [3.63, 3.8) is 0 Å². The Bertz CT molecular complexity index is 729. The van der Waals surface area contributed by atoms with Crippen LogP contribution in [-0.4, -0.2) is 19.4 Å². The highest BCUT2D eigenvalue weighted by Gasteiger charge is 2.27. The zero-order chi connectivity index (χ0) is 17.2. The minimum Gasteiger partial charge on any atom is -0.493 e. The first kappa shape index (κ1) is 16.6. The largest absolute Gasteiger partial charge is 0.493 e. The quantitative estimate of drug-likeness (QED) is 0.819. The minimum absolute atomic E-state index is 0.152. The average molecular weight is 323 g/mol. The number of nitrogens with zero attached hydrogens (tertiary/aromatic N) is 1. The summed E-state index contributed by atoms with van der Waals surface area (Å²) in [5.41, 5.74) is 3.69. The summed E-state index contributed by atoms with van der Waals surface area (Å²) in [5, 5.41) is 0. The average Bonchev–Trinajstić information content (AvgIpc) is 2.58. The van der Waals surface area contributed by atoms with Gasteiger partial charge in [0.25, 0.3) is 0 Å². The van der Waals surface area contributed by atoms with E-state index < -0.39 is 0 Å². The third-order valence-corrected chi connectivity index (χ3v) is 4.47. The Labute approximate surface area is 144 Å². The van der Waals surface area contributed by atoms with Crippen LogP contribution in [0.1, 0.15) is 37.5 Å². The van der Waals surface area contributed by atoms with E-state index in [0.717, 1.165) is 29.0 Å². The molecule has 0 aromatic heterocycles. The number of ether oxygens (including phenoxy) is 2. The summed E-state index contributed by atoms with van der Waals surface area (Å²) < 4.78 is 11.5. The molecule has 1 aliphatic rings. The van der Waals surface area contributed by atoms with Crippen molar-refractivity contribution in [2.75, 3.05) is 7.11 Å². The molecule has 0 radical (unpaired) electrons. The van der Waals surface area contributed by atoms with Gasteiger partial charge in [-0.15, -0.1) is 0 Å². The van der Waals surface area contributed by atoms with Crippen LogP contribution in [0.25, 0.3) is 0 Å². The summed E-state index contributed by atoms with van der Waals surface area (Å²) in [7, 11) is 1.68. The van der Waals surface area contributed by atoms with Gasteiger partial charge in [-0.05, 0) is 40.7 Å². The van der Waals surface area contributed by atoms with Crippen LogP contribution in [0.5, 0.6) is 11.5 Å². The van der Waals surface area contributed by atoms with E-state index in [1.807, 2.05) is 30.5 Å². The van der Waals surface area contributed by atoms with E-state index >= 15 is 0 Å². The van der Waals surface area contributed by atoms with Crippen molar-refractivity contribution < 1.29 is 9.47 Å². The monoisotopic (exact) mass is 323 g/mol. The maximum atomic E-state index is 6.03. The lowest BCUT2D eigenvalue weighted by Crippen LogP contribution is -2.29. The fourth-order valence-corrected chi connectivity index (χ4v) is 2.88. The van der Waals surface area contributed by atoms with Gasteiger partial charge >= 0.3 is 0 Å². The van der Waals surface area contributed by atoms with Gasteiger partial charge in [0.1, 0.15) is 6.61 Å². The van der Waals surface area contributed by atoms with Crippen molar-refractivity contribution in [1.29, 1.82) is 0 Å². The number of hydrogen-bond acceptors (Lipinski definition) is 3. The summed E-state index contributed by atoms with van der Waals surface area (Å²) >= 11 is 0. The predicted octanol–water partition coefficient (Wildman–Crippen LogP) is 4.66. The molecule has 0 fully saturated rings. The summed E-state index contributed by atoms with van der Waals surface area (Å²) in [6, 6.07) is 14.6. The van der Waals surface area contributed by atoms with E-state index in [1.54, 1.807) is 7.11 Å². The number of fused-ring (bicyclic) bond motifs is 1. The molecule has 0 saturated carbocycles. The Morgan fingerprint density at radius 2 is 1.83 bits per heavy atom. The maximum absolute atomic E-state index is 6.03. The van der Waals surface area contributed by atoms with Crippen molar-refractivity contribution in [2.24, 2.45) is 10.4 Å². The van der Waals surface area contributed by atoms with Crippen molar-refractivity contribution >= 4 is 6.21 Å². The van der Waals surface area contributed by atoms with Crippen LogP contribution in [0.3, 0.4) is 0 Å². The van der Waals surface area contributed by atoms with Gasteiger partial charge in [-0.2, -0.15) is 0 Å². The molecule has 0 aliphatic carbocycles. The van der Waals surface area contributed by atoms with Crippen molar-refractivity contribution in [1.82, 2.24) is 0 Å². The van der Waals surface area contributed by atoms with Gasteiger partial charge in [0, 0.05) is 6.21 Å². The zero-order valence-electron chi connectivity index (χ0n) is 14.9. The Hall–Kier alpha value is -2.29. The fourth-order valence-electron chi connectivity index (χ4n) is 2.88. The van der Waals surface area contributed by atoms with Gasteiger partial charge in [-0.1, -0.05) is 51.1 Å². The highest BCUT2D eigenvalue weighted by molar-refractivity contribution is 5.84. The lowest BCUT2D eigenvalue weighted by atomic mass is 9.81. The lowest BCUT2D eigenvalue weighted by Gasteiger charge is -2.30. The first-order chi connectivity index (χ1) is 11.5. The molecule has 0 N–H and O–H groups in total. The number of aliphatic imine (C=N–C) groups is 1. The van der Waals surface area contributed by atoms with Crippen molar-refractivity contribution in [3.05, 3.63) is 59.2 Å². The molecule has 3 heteroatoms. The Balaban J connectivity index is 1.84. The molecular formula is C21H25NO2. The molecule has 126 valence electrons. The van der Waals surface area contributed by atoms with Crippen LogP contribution in [0.4, 0.5) is 0 Å². The molecule has 3 nitrogen and oxygen atoms in total. The minimum atomic E-state index is 0.152. The van der Waals surface area contributed by atoms with Crippen LogP contribution in [0, 0.1) is 5.41 Å². The molecule has 2 aromatic carbocycles. The van der Waals surface area contributed by atoms with Gasteiger partial charge in [-0.25, -0.2) is 0 Å². The first-order valence-corrected chi connectivity index (χ1v) is 8.38. The summed E-state index contributed by atoms with van der Waals surface area (Å²) in [5.74, 6) is 1.55. The highest BCUT2D eigenvalue weighted by Crippen LogP contribution is 2.35. The Kier molecular flexibility index (Phi) is 4.61. The van der Waals surface area contributed by atoms with Gasteiger partial charge in [0.05, 0.1) is 13.2 Å². The molecule has 2 aromatic rings. The van der Waals surface area contributed by atoms with Gasteiger partial charge in [0.2, 0.25) is 0 Å². The first-order valence-electron chi connectivity index (χ1n) is 8.38. The second kappa shape index (κ2) is 6.68. The van der Waals surface area contributed by atoms with Crippen LogP contribution in [0.2, 0.25) is 0 Å². The Morgan fingerprint density at radius 3 is 2.50 bits per heavy atom. The third kappa shape index (κ3) is 3.61. The standard InChI is InChI=1S/C21H25NO2/c1-21(2,3)20-12-16-10-19(18(23-4)11-17(16)13-22-20)24-14-15-8-6-5-7-9-15/h5-11,13,20H,12,14H2,1-4H3/t20-/m0/s1. The van der Waals surface area contributed by atoms with E-state index in [9.17, 15) is 0 Å². The molecule has 1 aliphatic heterocycles. The number of benzene rings is 2. The van der Waals surface area contributed by atoms with Crippen LogP contribution in [-0.2, 0) is 13.0 Å². The summed E-state index contributed by atoms with van der Waals surface area (Å²) in [4.78, 5) is 4.72. The van der Waals surface area contributed by atoms with E-state index in [4.69, 9.17) is 14.5 Å². The fraction of sp³-hybridized carbons (Fsp3) is 0.381. The molecule has 3 rings (SSSR count). The smallest absolute Gasteiger partial charge is 0.161 e. The van der Waals surface area contributed by atoms with Crippen LogP contribution < -0.4 is 9.47 Å². The molecule has 0 saturated heterocycles. The molecular weight excluding hydrogens is 298 g/mol. The van der Waals surface area contributed by atoms with Crippen LogP contribution in [0.15, 0.2) is 47.5 Å². The number of rotatable bonds is 4. The highest BCUT2D eigenvalue weighted by atomic mass is 16.5. The van der Waals surface area contributed by atoms with Crippen molar-refractivity contribution in [2.45, 2.75) is 39.8 Å². The molecule has 0 spiro atoms. The SMILES string of the molecule is COc1cc2c(cc1OCc1ccccc1)C[C@@H](C(C)(C)C)N=C2. The maximum Gasteiger partial charge on any atom is 0.161 e. The van der Waals surface area contributed by atoms with Gasteiger partial charge in [0.15, 0.2) is 11.5 Å². The molecule has 24 heavy (non-hydrogen) atoms. The molecule has 0 unspecified atom stereocenters. The van der Waals surface area contributed by atoms with Crippen LogP contribution >= 0.6 is 0 Å². The summed E-state index contributed by atoms with van der Waals surface area (Å²) in [6.45, 7) is 7.23. The third-order valence-electron chi connectivity index (χ3n) is 4.47. The van der Waals surface area contributed by atoms with E-state index in [1.165, 1.54) is 5.56 Å². The van der Waals surface area contributed by atoms with E-state index in [-0.39, 0.29) is 5.41 Å². The molecule has 1 heterocycles. The van der Waals surface area contributed by atoms with Gasteiger partial charge < -0.3 is 9.47 Å². The number of methoxy groups -OCH3 is 1. The number of hydrogen-bond donors (Lipinski definition) is 0. The second-order valence-electron chi connectivity index (χ2n) is 7.34.